The van der Waals surface area contributed by atoms with Crippen LogP contribution in [-0.4, -0.2) is 34.7 Å². The first kappa shape index (κ1) is 20.1. The molecule has 1 atom stereocenters. The van der Waals surface area contributed by atoms with Crippen molar-refractivity contribution in [1.29, 1.82) is 0 Å². The van der Waals surface area contributed by atoms with Crippen LogP contribution < -0.4 is 14.4 Å². The second-order valence-electron chi connectivity index (χ2n) is 5.86. The van der Waals surface area contributed by atoms with E-state index in [2.05, 4.69) is 5.32 Å². The van der Waals surface area contributed by atoms with E-state index in [4.69, 9.17) is 16.3 Å². The fraction of sp³-hybridized carbons (Fsp3) is 0.278. The van der Waals surface area contributed by atoms with E-state index in [1.165, 1.54) is 19.2 Å². The van der Waals surface area contributed by atoms with Crippen molar-refractivity contribution in [2.45, 2.75) is 13.0 Å². The van der Waals surface area contributed by atoms with Crippen LogP contribution in [0, 0.1) is 0 Å². The number of hydrogen-bond acceptors (Lipinski definition) is 4. The zero-order valence-electron chi connectivity index (χ0n) is 15.0. The average molecular weight is 397 g/mol. The van der Waals surface area contributed by atoms with Gasteiger partial charge in [0.25, 0.3) is 5.91 Å². The summed E-state index contributed by atoms with van der Waals surface area (Å²) in [5, 5.41) is 3.13. The second-order valence-corrected chi connectivity index (χ2v) is 8.29. The summed E-state index contributed by atoms with van der Waals surface area (Å²) in [6.07, 6.45) is 1.07. The fourth-order valence-corrected chi connectivity index (χ4v) is 3.13. The number of nitrogens with zero attached hydrogens (tertiary/aromatic N) is 1. The highest BCUT2D eigenvalue weighted by atomic mass is 35.5. The van der Waals surface area contributed by atoms with Crippen molar-refractivity contribution in [1.82, 2.24) is 5.32 Å². The number of hydrogen-bond donors (Lipinski definition) is 1. The van der Waals surface area contributed by atoms with E-state index >= 15 is 0 Å². The summed E-state index contributed by atoms with van der Waals surface area (Å²) in [6.45, 7) is 1.86. The zero-order chi connectivity index (χ0) is 19.5. The van der Waals surface area contributed by atoms with E-state index in [0.29, 0.717) is 5.56 Å². The molecule has 140 valence electrons. The molecule has 2 aromatic rings. The molecule has 0 radical (unpaired) electrons. The Labute approximate surface area is 158 Å². The van der Waals surface area contributed by atoms with E-state index in [0.717, 1.165) is 21.9 Å². The van der Waals surface area contributed by atoms with Crippen molar-refractivity contribution in [3.63, 3.8) is 0 Å². The minimum atomic E-state index is -3.49. The highest BCUT2D eigenvalue weighted by molar-refractivity contribution is 7.92. The number of ether oxygens (including phenoxy) is 1. The second kappa shape index (κ2) is 7.97. The number of carbonyl (C=O) groups is 1. The Morgan fingerprint density at radius 3 is 2.35 bits per heavy atom. The van der Waals surface area contributed by atoms with Gasteiger partial charge in [-0.15, -0.1) is 0 Å². The number of benzene rings is 2. The smallest absolute Gasteiger partial charge is 0.251 e. The van der Waals surface area contributed by atoms with Crippen LogP contribution in [0.25, 0.3) is 0 Å². The van der Waals surface area contributed by atoms with Gasteiger partial charge >= 0.3 is 0 Å². The topological polar surface area (TPSA) is 75.7 Å². The van der Waals surface area contributed by atoms with Crippen LogP contribution in [0.3, 0.4) is 0 Å². The zero-order valence-corrected chi connectivity index (χ0v) is 16.6. The van der Waals surface area contributed by atoms with Gasteiger partial charge in [0.2, 0.25) is 10.0 Å². The molecule has 26 heavy (non-hydrogen) atoms. The fourth-order valence-electron chi connectivity index (χ4n) is 2.33. The number of anilines is 1. The van der Waals surface area contributed by atoms with Gasteiger partial charge in [0.05, 0.1) is 30.1 Å². The largest absolute Gasteiger partial charge is 0.497 e. The Hall–Kier alpha value is -2.25. The Morgan fingerprint density at radius 1 is 1.19 bits per heavy atom. The third kappa shape index (κ3) is 4.68. The van der Waals surface area contributed by atoms with E-state index in [-0.39, 0.29) is 22.7 Å². The third-order valence-electron chi connectivity index (χ3n) is 4.01. The van der Waals surface area contributed by atoms with Gasteiger partial charge in [0.15, 0.2) is 0 Å². The van der Waals surface area contributed by atoms with Crippen molar-refractivity contribution >= 4 is 33.2 Å². The number of carbonyl (C=O) groups excluding carboxylic acids is 1. The van der Waals surface area contributed by atoms with Crippen molar-refractivity contribution in [2.24, 2.45) is 0 Å². The molecule has 2 rings (SSSR count). The van der Waals surface area contributed by atoms with Gasteiger partial charge in [-0.05, 0) is 42.8 Å². The van der Waals surface area contributed by atoms with Crippen molar-refractivity contribution in [3.8, 4) is 5.75 Å². The summed E-state index contributed by atoms with van der Waals surface area (Å²) in [5.74, 6) is 0.409. The summed E-state index contributed by atoms with van der Waals surface area (Å²) < 4.78 is 29.6. The van der Waals surface area contributed by atoms with Crippen LogP contribution in [0.5, 0.6) is 5.75 Å². The predicted molar refractivity (Wildman–Crippen MR) is 104 cm³/mol. The first-order chi connectivity index (χ1) is 12.1. The highest BCUT2D eigenvalue weighted by Gasteiger charge is 2.18. The molecule has 0 aromatic heterocycles. The van der Waals surface area contributed by atoms with E-state index < -0.39 is 10.0 Å². The maximum atomic E-state index is 12.5. The van der Waals surface area contributed by atoms with E-state index in [9.17, 15) is 13.2 Å². The Morgan fingerprint density at radius 2 is 1.81 bits per heavy atom. The van der Waals surface area contributed by atoms with Gasteiger partial charge in [0.1, 0.15) is 5.75 Å². The Balaban J connectivity index is 2.21. The van der Waals surface area contributed by atoms with E-state index in [1.54, 1.807) is 13.2 Å². The SMILES string of the molecule is COc1ccc([C@H](C)NC(=O)c2ccc(Cl)c(N(C)S(C)(=O)=O)c2)cc1. The maximum absolute atomic E-state index is 12.5. The summed E-state index contributed by atoms with van der Waals surface area (Å²) in [6, 6.07) is 11.7. The lowest BCUT2D eigenvalue weighted by atomic mass is 10.1. The monoisotopic (exact) mass is 396 g/mol. The van der Waals surface area contributed by atoms with Crippen LogP contribution in [0.15, 0.2) is 42.5 Å². The molecule has 0 fully saturated rings. The third-order valence-corrected chi connectivity index (χ3v) is 5.52. The molecule has 0 unspecified atom stereocenters. The van der Waals surface area contributed by atoms with Crippen LogP contribution in [0.1, 0.15) is 28.9 Å². The molecule has 0 aliphatic carbocycles. The highest BCUT2D eigenvalue weighted by Crippen LogP contribution is 2.28. The van der Waals surface area contributed by atoms with Crippen LogP contribution >= 0.6 is 11.6 Å². The van der Waals surface area contributed by atoms with E-state index in [1.807, 2.05) is 31.2 Å². The lowest BCUT2D eigenvalue weighted by Gasteiger charge is -2.19. The lowest BCUT2D eigenvalue weighted by molar-refractivity contribution is 0.0940. The molecule has 0 aliphatic rings. The first-order valence-electron chi connectivity index (χ1n) is 7.81. The Kier molecular flexibility index (Phi) is 6.15. The first-order valence-corrected chi connectivity index (χ1v) is 10.0. The molecule has 6 nitrogen and oxygen atoms in total. The number of nitrogens with one attached hydrogen (secondary N) is 1. The van der Waals surface area contributed by atoms with Crippen molar-refractivity contribution < 1.29 is 17.9 Å². The van der Waals surface area contributed by atoms with Gasteiger partial charge in [-0.25, -0.2) is 8.42 Å². The molecule has 1 N–H and O–H groups in total. The standard InChI is InChI=1S/C18H21ClN2O4S/c1-12(13-5-8-15(25-3)9-6-13)20-18(22)14-7-10-16(19)17(11-14)21(2)26(4,23)24/h5-12H,1-4H3,(H,20,22)/t12-/m0/s1. The molecule has 1 amide bonds. The molecule has 0 bridgehead atoms. The van der Waals surface area contributed by atoms with Gasteiger partial charge in [-0.1, -0.05) is 23.7 Å². The molecule has 2 aromatic carbocycles. The van der Waals surface area contributed by atoms with Crippen molar-refractivity contribution in [3.05, 3.63) is 58.6 Å². The summed E-state index contributed by atoms with van der Waals surface area (Å²) in [4.78, 5) is 12.5. The van der Waals surface area contributed by atoms with Gasteiger partial charge in [-0.3, -0.25) is 9.10 Å². The Bertz CT molecular complexity index is 898. The quantitative estimate of drug-likeness (QED) is 0.813. The molecular weight excluding hydrogens is 376 g/mol. The maximum Gasteiger partial charge on any atom is 0.251 e. The number of rotatable bonds is 6. The molecular formula is C18H21ClN2O4S. The average Bonchev–Trinajstić information content (AvgIpc) is 2.60. The molecule has 0 aliphatic heterocycles. The number of methoxy groups -OCH3 is 1. The number of amides is 1. The normalized spacial score (nSPS) is 12.3. The van der Waals surface area contributed by atoms with Gasteiger partial charge in [0, 0.05) is 12.6 Å². The van der Waals surface area contributed by atoms with Crippen molar-refractivity contribution in [2.75, 3.05) is 24.7 Å². The minimum Gasteiger partial charge on any atom is -0.497 e. The van der Waals surface area contributed by atoms with Crippen LogP contribution in [0.4, 0.5) is 5.69 Å². The molecule has 0 spiro atoms. The molecule has 0 heterocycles. The predicted octanol–water partition coefficient (Wildman–Crippen LogP) is 3.24. The van der Waals surface area contributed by atoms with Crippen LogP contribution in [0.2, 0.25) is 5.02 Å². The molecule has 8 heteroatoms. The summed E-state index contributed by atoms with van der Waals surface area (Å²) >= 11 is 6.08. The summed E-state index contributed by atoms with van der Waals surface area (Å²) in [7, 11) is -0.512. The lowest BCUT2D eigenvalue weighted by Crippen LogP contribution is -2.28. The van der Waals surface area contributed by atoms with Gasteiger partial charge in [-0.2, -0.15) is 0 Å². The number of sulfonamides is 1. The van der Waals surface area contributed by atoms with Crippen LogP contribution in [-0.2, 0) is 10.0 Å². The summed E-state index contributed by atoms with van der Waals surface area (Å²) in [5.41, 5.74) is 1.49. The molecule has 0 saturated carbocycles. The van der Waals surface area contributed by atoms with Gasteiger partial charge < -0.3 is 10.1 Å². The molecule has 0 saturated heterocycles. The number of halogens is 1. The minimum absolute atomic E-state index is 0.236.